The topological polar surface area (TPSA) is 65.0 Å². The van der Waals surface area contributed by atoms with E-state index in [0.717, 1.165) is 29.0 Å². The van der Waals surface area contributed by atoms with Gasteiger partial charge in [0.15, 0.2) is 23.1 Å². The first-order valence-corrected chi connectivity index (χ1v) is 10.3. The van der Waals surface area contributed by atoms with Gasteiger partial charge in [0.05, 0.1) is 11.6 Å². The minimum absolute atomic E-state index is 0.0381. The van der Waals surface area contributed by atoms with Gasteiger partial charge in [-0.3, -0.25) is 14.6 Å². The summed E-state index contributed by atoms with van der Waals surface area (Å²) in [6, 6.07) is 13.4. The maximum Gasteiger partial charge on any atom is 0.231 e. The maximum atomic E-state index is 13.5. The van der Waals surface area contributed by atoms with Crippen LogP contribution in [0.3, 0.4) is 0 Å². The van der Waals surface area contributed by atoms with Gasteiger partial charge in [-0.2, -0.15) is 0 Å². The van der Waals surface area contributed by atoms with Crippen LogP contribution in [0.15, 0.2) is 58.7 Å². The van der Waals surface area contributed by atoms with Crippen molar-refractivity contribution in [2.75, 3.05) is 6.79 Å². The van der Waals surface area contributed by atoms with Gasteiger partial charge < -0.3 is 9.47 Å². The van der Waals surface area contributed by atoms with E-state index in [4.69, 9.17) is 14.5 Å². The van der Waals surface area contributed by atoms with Crippen molar-refractivity contribution in [3.63, 3.8) is 0 Å². The number of rotatable bonds is 1. The minimum Gasteiger partial charge on any atom is -0.454 e. The smallest absolute Gasteiger partial charge is 0.231 e. The van der Waals surface area contributed by atoms with Crippen molar-refractivity contribution in [3.05, 3.63) is 70.4 Å². The van der Waals surface area contributed by atoms with Gasteiger partial charge in [0.2, 0.25) is 6.79 Å². The van der Waals surface area contributed by atoms with E-state index >= 15 is 0 Å². The SMILES string of the molecule is CC1(C)CC(=O)C2=C(C1)N=C1c3ccccc3C(=O)[C@H]1[C@H]2c1ccc2c(c1)OCO2. The first-order chi connectivity index (χ1) is 14.4. The van der Waals surface area contributed by atoms with E-state index in [0.29, 0.717) is 29.1 Å². The van der Waals surface area contributed by atoms with Crippen LogP contribution in [-0.4, -0.2) is 24.1 Å². The third-order valence-electron chi connectivity index (χ3n) is 6.60. The third-order valence-corrected chi connectivity index (χ3v) is 6.60. The van der Waals surface area contributed by atoms with Crippen molar-refractivity contribution in [3.8, 4) is 11.5 Å². The quantitative estimate of drug-likeness (QED) is 0.710. The van der Waals surface area contributed by atoms with Crippen molar-refractivity contribution in [2.24, 2.45) is 16.3 Å². The second-order valence-electron chi connectivity index (χ2n) is 9.28. The number of fused-ring (bicyclic) bond motifs is 4. The van der Waals surface area contributed by atoms with Crippen LogP contribution in [0.25, 0.3) is 0 Å². The molecule has 0 aromatic heterocycles. The van der Waals surface area contributed by atoms with Crippen LogP contribution < -0.4 is 9.47 Å². The molecule has 6 rings (SSSR count). The summed E-state index contributed by atoms with van der Waals surface area (Å²) in [4.78, 5) is 31.8. The molecule has 0 amide bonds. The number of allylic oxidation sites excluding steroid dienone is 2. The Balaban J connectivity index is 1.59. The summed E-state index contributed by atoms with van der Waals surface area (Å²) >= 11 is 0. The highest BCUT2D eigenvalue weighted by Crippen LogP contribution is 2.52. The fourth-order valence-electron chi connectivity index (χ4n) is 5.35. The first-order valence-electron chi connectivity index (χ1n) is 10.3. The van der Waals surface area contributed by atoms with Gasteiger partial charge in [0.1, 0.15) is 0 Å². The largest absolute Gasteiger partial charge is 0.454 e. The number of carbonyl (C=O) groups excluding carboxylic acids is 2. The Bertz CT molecular complexity index is 1200. The van der Waals surface area contributed by atoms with Crippen molar-refractivity contribution >= 4 is 17.3 Å². The fourth-order valence-corrected chi connectivity index (χ4v) is 5.35. The van der Waals surface area contributed by atoms with Gasteiger partial charge >= 0.3 is 0 Å². The molecular formula is C25H21NO4. The van der Waals surface area contributed by atoms with E-state index in [-0.39, 0.29) is 29.7 Å². The molecule has 0 saturated carbocycles. The molecule has 0 fully saturated rings. The molecule has 2 heterocycles. The number of Topliss-reactive ketones (excluding diaryl/α,β-unsaturated/α-hetero) is 2. The van der Waals surface area contributed by atoms with E-state index < -0.39 is 5.92 Å². The van der Waals surface area contributed by atoms with Crippen LogP contribution in [0.2, 0.25) is 0 Å². The summed E-state index contributed by atoms with van der Waals surface area (Å²) in [5.41, 5.74) is 4.66. The monoisotopic (exact) mass is 399 g/mol. The highest BCUT2D eigenvalue weighted by molar-refractivity contribution is 6.30. The molecule has 5 nitrogen and oxygen atoms in total. The Morgan fingerprint density at radius 3 is 2.53 bits per heavy atom. The Labute approximate surface area is 174 Å². The van der Waals surface area contributed by atoms with Crippen LogP contribution in [0.4, 0.5) is 0 Å². The molecule has 0 unspecified atom stereocenters. The minimum atomic E-state index is -0.480. The van der Waals surface area contributed by atoms with Crippen molar-refractivity contribution in [2.45, 2.75) is 32.6 Å². The zero-order valence-corrected chi connectivity index (χ0v) is 16.9. The van der Waals surface area contributed by atoms with Crippen LogP contribution in [-0.2, 0) is 4.79 Å². The number of carbonyl (C=O) groups is 2. The molecule has 4 aliphatic rings. The van der Waals surface area contributed by atoms with Gasteiger partial charge in [0, 0.05) is 34.7 Å². The predicted molar refractivity (Wildman–Crippen MR) is 111 cm³/mol. The number of ketones is 2. The lowest BCUT2D eigenvalue weighted by molar-refractivity contribution is -0.118. The summed E-state index contributed by atoms with van der Waals surface area (Å²) in [5.74, 6) is 0.643. The molecule has 150 valence electrons. The second-order valence-corrected chi connectivity index (χ2v) is 9.28. The molecule has 2 aromatic carbocycles. The molecule has 2 aliphatic heterocycles. The van der Waals surface area contributed by atoms with Crippen LogP contribution in [0.5, 0.6) is 11.5 Å². The van der Waals surface area contributed by atoms with E-state index in [1.54, 1.807) is 0 Å². The zero-order valence-electron chi connectivity index (χ0n) is 16.9. The first kappa shape index (κ1) is 17.6. The van der Waals surface area contributed by atoms with E-state index in [9.17, 15) is 9.59 Å². The molecule has 30 heavy (non-hydrogen) atoms. The zero-order chi connectivity index (χ0) is 20.6. The Kier molecular flexibility index (Phi) is 3.47. The molecule has 5 heteroatoms. The average molecular weight is 399 g/mol. The molecule has 0 saturated heterocycles. The molecular weight excluding hydrogens is 378 g/mol. The van der Waals surface area contributed by atoms with Crippen LogP contribution in [0, 0.1) is 11.3 Å². The highest BCUT2D eigenvalue weighted by atomic mass is 16.7. The number of aliphatic imine (C=N–C) groups is 1. The van der Waals surface area contributed by atoms with Gasteiger partial charge in [-0.25, -0.2) is 0 Å². The molecule has 0 spiro atoms. The van der Waals surface area contributed by atoms with Gasteiger partial charge in [-0.1, -0.05) is 44.2 Å². The molecule has 2 atom stereocenters. The molecule has 0 bridgehead atoms. The van der Waals surface area contributed by atoms with Crippen LogP contribution >= 0.6 is 0 Å². The molecule has 0 radical (unpaired) electrons. The van der Waals surface area contributed by atoms with Crippen molar-refractivity contribution in [1.29, 1.82) is 0 Å². The van der Waals surface area contributed by atoms with Crippen molar-refractivity contribution in [1.82, 2.24) is 0 Å². The predicted octanol–water partition coefficient (Wildman–Crippen LogP) is 4.46. The number of nitrogens with zero attached hydrogens (tertiary/aromatic N) is 1. The molecule has 2 aromatic rings. The van der Waals surface area contributed by atoms with Gasteiger partial charge in [-0.05, 0) is 29.5 Å². The Morgan fingerprint density at radius 2 is 1.70 bits per heavy atom. The lowest BCUT2D eigenvalue weighted by Crippen LogP contribution is -2.37. The molecule has 2 aliphatic carbocycles. The Hall–Kier alpha value is -3.21. The standard InChI is InChI=1S/C25H21NO4/c1-25(2)10-16-21(17(27)11-25)20(13-7-8-18-19(9-13)30-12-29-18)22-23(26-16)14-5-3-4-6-15(14)24(22)28/h3-9,20,22H,10-12H2,1-2H3/t20-,22-/m0/s1. The van der Waals surface area contributed by atoms with Gasteiger partial charge in [-0.15, -0.1) is 0 Å². The van der Waals surface area contributed by atoms with Crippen molar-refractivity contribution < 1.29 is 19.1 Å². The number of hydrogen-bond acceptors (Lipinski definition) is 5. The van der Waals surface area contributed by atoms with Crippen LogP contribution in [0.1, 0.15) is 54.1 Å². The van der Waals surface area contributed by atoms with Gasteiger partial charge in [0.25, 0.3) is 0 Å². The van der Waals surface area contributed by atoms with E-state index in [1.807, 2.05) is 42.5 Å². The average Bonchev–Trinajstić information content (AvgIpc) is 3.28. The fraction of sp³-hybridized carbons (Fsp3) is 0.320. The lowest BCUT2D eigenvalue weighted by Gasteiger charge is -2.38. The second kappa shape index (κ2) is 5.91. The summed E-state index contributed by atoms with van der Waals surface area (Å²) in [6.07, 6.45) is 1.19. The third kappa shape index (κ3) is 2.38. The summed E-state index contributed by atoms with van der Waals surface area (Å²) in [7, 11) is 0. The summed E-state index contributed by atoms with van der Waals surface area (Å²) in [5, 5.41) is 0. The van der Waals surface area contributed by atoms with E-state index in [2.05, 4.69) is 13.8 Å². The van der Waals surface area contributed by atoms with E-state index in [1.165, 1.54) is 0 Å². The number of hydrogen-bond donors (Lipinski definition) is 0. The normalized spacial score (nSPS) is 25.6. The number of benzene rings is 2. The highest BCUT2D eigenvalue weighted by Gasteiger charge is 2.50. The molecule has 0 N–H and O–H groups in total. The Morgan fingerprint density at radius 1 is 0.933 bits per heavy atom. The summed E-state index contributed by atoms with van der Waals surface area (Å²) in [6.45, 7) is 4.39. The number of ether oxygens (including phenoxy) is 2. The maximum absolute atomic E-state index is 13.5. The summed E-state index contributed by atoms with van der Waals surface area (Å²) < 4.78 is 11.0. The lowest BCUT2D eigenvalue weighted by atomic mass is 9.66.